The summed E-state index contributed by atoms with van der Waals surface area (Å²) < 4.78 is 5.27. The van der Waals surface area contributed by atoms with Gasteiger partial charge in [-0.3, -0.25) is 24.0 Å². The zero-order chi connectivity index (χ0) is 35.0. The van der Waals surface area contributed by atoms with Gasteiger partial charge in [-0.15, -0.1) is 11.3 Å². The van der Waals surface area contributed by atoms with Crippen LogP contribution in [0.25, 0.3) is 0 Å². The molecule has 0 spiro atoms. The van der Waals surface area contributed by atoms with Gasteiger partial charge in [0, 0.05) is 45.7 Å². The van der Waals surface area contributed by atoms with E-state index in [4.69, 9.17) is 4.74 Å². The molecule has 1 aromatic carbocycles. The largest absolute Gasteiger partial charge is 0.497 e. The van der Waals surface area contributed by atoms with Crippen LogP contribution in [-0.2, 0) is 30.4 Å². The number of hydrogen-bond donors (Lipinski definition) is 0. The van der Waals surface area contributed by atoms with Gasteiger partial charge in [0.15, 0.2) is 0 Å². The molecule has 4 amide bonds. The predicted molar refractivity (Wildman–Crippen MR) is 182 cm³/mol. The van der Waals surface area contributed by atoms with E-state index in [9.17, 15) is 24.0 Å². The number of carbonyl (C=O) groups is 5. The Morgan fingerprint density at radius 1 is 0.957 bits per heavy atom. The van der Waals surface area contributed by atoms with E-state index >= 15 is 0 Å². The Kier molecular flexibility index (Phi) is 13.5. The van der Waals surface area contributed by atoms with Crippen LogP contribution in [0.5, 0.6) is 5.75 Å². The molecular formula is C35H51N5O6S. The van der Waals surface area contributed by atoms with Gasteiger partial charge in [-0.05, 0) is 55.7 Å². The third kappa shape index (κ3) is 9.39. The summed E-state index contributed by atoms with van der Waals surface area (Å²) in [5.41, 5.74) is 0.787. The van der Waals surface area contributed by atoms with E-state index in [-0.39, 0.29) is 48.3 Å². The van der Waals surface area contributed by atoms with E-state index in [0.29, 0.717) is 18.7 Å². The summed E-state index contributed by atoms with van der Waals surface area (Å²) in [5, 5.41) is 2.80. The molecule has 258 valence electrons. The highest BCUT2D eigenvalue weighted by Crippen LogP contribution is 2.35. The molecule has 0 unspecified atom stereocenters. The van der Waals surface area contributed by atoms with E-state index in [1.54, 1.807) is 39.5 Å². The van der Waals surface area contributed by atoms with Gasteiger partial charge in [-0.2, -0.15) is 0 Å². The first-order valence-corrected chi connectivity index (χ1v) is 17.2. The molecule has 11 nitrogen and oxygen atoms in total. The molecule has 1 aliphatic rings. The molecule has 0 N–H and O–H groups in total. The molecule has 47 heavy (non-hydrogen) atoms. The second kappa shape index (κ2) is 16.9. The molecule has 0 aliphatic carbocycles. The van der Waals surface area contributed by atoms with E-state index in [0.717, 1.165) is 23.4 Å². The first kappa shape index (κ1) is 37.7. The number of hydrogen-bond acceptors (Lipinski definition) is 8. The fraction of sp³-hybridized carbons (Fsp3) is 0.600. The number of likely N-dealkylation sites (tertiary alicyclic amines) is 1. The van der Waals surface area contributed by atoms with Crippen LogP contribution in [0, 0.1) is 11.8 Å². The molecule has 1 aromatic heterocycles. The first-order chi connectivity index (χ1) is 22.2. The monoisotopic (exact) mass is 669 g/mol. The van der Waals surface area contributed by atoms with Crippen molar-refractivity contribution in [1.82, 2.24) is 24.6 Å². The summed E-state index contributed by atoms with van der Waals surface area (Å²) in [5.74, 6) is -1.17. The molecule has 1 fully saturated rings. The van der Waals surface area contributed by atoms with Crippen molar-refractivity contribution in [3.8, 4) is 5.75 Å². The number of benzene rings is 1. The van der Waals surface area contributed by atoms with Crippen molar-refractivity contribution in [3.05, 3.63) is 46.4 Å². The number of ether oxygens (including phenoxy) is 1. The summed E-state index contributed by atoms with van der Waals surface area (Å²) in [6, 6.07) is 4.48. The average Bonchev–Trinajstić information content (AvgIpc) is 3.73. The Morgan fingerprint density at radius 2 is 1.60 bits per heavy atom. The van der Waals surface area contributed by atoms with Crippen molar-refractivity contribution in [2.45, 2.75) is 90.9 Å². The zero-order valence-corrected chi connectivity index (χ0v) is 30.1. The summed E-state index contributed by atoms with van der Waals surface area (Å²) in [4.78, 5) is 78.3. The number of nitrogens with zero attached hydrogens (tertiary/aromatic N) is 5. The standard InChI is InChI=1S/C35H51N5O6S/c1-22(2)19-28(34(44)39(8)31(23(3)4)35(45)40-17-10-11-27(40)32-36-16-18-47-32)38(7)33(43)29(37(6)30(42)20-24(5)41)21-25-12-14-26(46-9)15-13-25/h12-16,18,22-23,27-29,31H,10-11,17,19-21H2,1-9H3/t27-,28-,29-,31-/m0/s1. The molecule has 3 rings (SSSR count). The Hall–Kier alpha value is -3.80. The summed E-state index contributed by atoms with van der Waals surface area (Å²) in [7, 11) is 6.30. The summed E-state index contributed by atoms with van der Waals surface area (Å²) >= 11 is 1.52. The van der Waals surface area contributed by atoms with Crippen LogP contribution < -0.4 is 4.74 Å². The minimum atomic E-state index is -0.973. The van der Waals surface area contributed by atoms with Gasteiger partial charge >= 0.3 is 0 Å². The van der Waals surface area contributed by atoms with Gasteiger partial charge < -0.3 is 24.3 Å². The Bertz CT molecular complexity index is 1380. The maximum Gasteiger partial charge on any atom is 0.246 e. The average molecular weight is 670 g/mol. The number of methoxy groups -OCH3 is 1. The van der Waals surface area contributed by atoms with Crippen LogP contribution in [0.4, 0.5) is 0 Å². The number of thiazole rings is 1. The van der Waals surface area contributed by atoms with Gasteiger partial charge in [-0.25, -0.2) is 4.98 Å². The maximum absolute atomic E-state index is 14.4. The van der Waals surface area contributed by atoms with Gasteiger partial charge in [-0.1, -0.05) is 39.8 Å². The highest BCUT2D eigenvalue weighted by Gasteiger charge is 2.42. The predicted octanol–water partition coefficient (Wildman–Crippen LogP) is 4.22. The van der Waals surface area contributed by atoms with E-state index in [2.05, 4.69) is 4.98 Å². The molecular weight excluding hydrogens is 618 g/mol. The van der Waals surface area contributed by atoms with E-state index in [1.165, 1.54) is 40.0 Å². The van der Waals surface area contributed by atoms with Gasteiger partial charge in [0.1, 0.15) is 34.7 Å². The van der Waals surface area contributed by atoms with Crippen molar-refractivity contribution in [1.29, 1.82) is 0 Å². The second-order valence-electron chi connectivity index (χ2n) is 13.2. The third-order valence-electron chi connectivity index (χ3n) is 8.85. The van der Waals surface area contributed by atoms with Crippen molar-refractivity contribution in [3.63, 3.8) is 0 Å². The molecule has 2 heterocycles. The van der Waals surface area contributed by atoms with Gasteiger partial charge in [0.2, 0.25) is 23.6 Å². The fourth-order valence-corrected chi connectivity index (χ4v) is 7.06. The topological polar surface area (TPSA) is 120 Å². The van der Waals surface area contributed by atoms with E-state index in [1.807, 2.05) is 50.1 Å². The number of likely N-dealkylation sites (N-methyl/N-ethyl adjacent to an activating group) is 3. The zero-order valence-electron chi connectivity index (χ0n) is 29.3. The molecule has 1 saturated heterocycles. The van der Waals surface area contributed by atoms with Gasteiger partial charge in [0.25, 0.3) is 0 Å². The number of Topliss-reactive ketones (excluding diaryl/α,β-unsaturated/α-hetero) is 1. The second-order valence-corrected chi connectivity index (χ2v) is 14.2. The van der Waals surface area contributed by atoms with Crippen LogP contribution in [0.15, 0.2) is 35.8 Å². The minimum Gasteiger partial charge on any atom is -0.497 e. The molecule has 0 saturated carbocycles. The van der Waals surface area contributed by atoms with Crippen LogP contribution in [0.1, 0.15) is 76.9 Å². The summed E-state index contributed by atoms with van der Waals surface area (Å²) in [6.07, 6.45) is 3.62. The van der Waals surface area contributed by atoms with Crippen molar-refractivity contribution >= 4 is 40.7 Å². The lowest BCUT2D eigenvalue weighted by Gasteiger charge is -2.40. The highest BCUT2D eigenvalue weighted by atomic mass is 32.1. The number of carbonyl (C=O) groups excluding carboxylic acids is 5. The Labute approximate surface area is 283 Å². The van der Waals surface area contributed by atoms with Crippen LogP contribution in [0.2, 0.25) is 0 Å². The van der Waals surface area contributed by atoms with Crippen LogP contribution >= 0.6 is 11.3 Å². The van der Waals surface area contributed by atoms with Crippen molar-refractivity contribution in [2.75, 3.05) is 34.8 Å². The normalized spacial score (nSPS) is 16.5. The number of aromatic nitrogens is 1. The smallest absolute Gasteiger partial charge is 0.246 e. The quantitative estimate of drug-likeness (QED) is 0.261. The molecule has 4 atom stereocenters. The lowest BCUT2D eigenvalue weighted by Crippen LogP contribution is -2.59. The van der Waals surface area contributed by atoms with Gasteiger partial charge in [0.05, 0.1) is 19.6 Å². The lowest BCUT2D eigenvalue weighted by molar-refractivity contribution is -0.155. The minimum absolute atomic E-state index is 0.0470. The lowest BCUT2D eigenvalue weighted by atomic mass is 9.96. The molecule has 12 heteroatoms. The SMILES string of the molecule is COc1ccc(C[C@@H](C(=O)N(C)[C@@H](CC(C)C)C(=O)N(C)[C@H](C(=O)N2CCC[C@H]2c2nccs2)C(C)C)N(C)C(=O)CC(C)=O)cc1. The Balaban J connectivity index is 1.93. The number of amides is 4. The van der Waals surface area contributed by atoms with Crippen molar-refractivity contribution in [2.24, 2.45) is 11.8 Å². The number of ketones is 1. The molecule has 0 bridgehead atoms. The van der Waals surface area contributed by atoms with Crippen LogP contribution in [0.3, 0.4) is 0 Å². The fourth-order valence-electron chi connectivity index (χ4n) is 6.27. The third-order valence-corrected chi connectivity index (χ3v) is 9.73. The van der Waals surface area contributed by atoms with Crippen LogP contribution in [-0.4, -0.2) is 107 Å². The van der Waals surface area contributed by atoms with Crippen molar-refractivity contribution < 1.29 is 28.7 Å². The maximum atomic E-state index is 14.4. The Morgan fingerprint density at radius 3 is 2.13 bits per heavy atom. The molecule has 2 aromatic rings. The van der Waals surface area contributed by atoms with E-state index < -0.39 is 29.9 Å². The molecule has 1 aliphatic heterocycles. The molecule has 0 radical (unpaired) electrons. The first-order valence-electron chi connectivity index (χ1n) is 16.3. The number of rotatable bonds is 15. The summed E-state index contributed by atoms with van der Waals surface area (Å²) in [6.45, 7) is 9.73. The highest BCUT2D eigenvalue weighted by molar-refractivity contribution is 7.09.